The Balaban J connectivity index is 1.89. The standard InChI is InChI=1S/C20H26N4O3/c1-4-5-8-15-13-24(16-9-6-7-10-18(16)27-3)19(25)14-23(15)20(26)17-11-12-21-22(17)2/h6-7,9-12,15H,4-5,8,13-14H2,1-3H3/t15-/m0/s1. The number of nitrogens with zero attached hydrogens (tertiary/aromatic N) is 4. The van der Waals surface area contributed by atoms with E-state index >= 15 is 0 Å². The quantitative estimate of drug-likeness (QED) is 0.783. The van der Waals surface area contributed by atoms with E-state index in [9.17, 15) is 9.59 Å². The molecule has 2 heterocycles. The molecule has 1 aromatic carbocycles. The van der Waals surface area contributed by atoms with E-state index in [0.29, 0.717) is 18.0 Å². The molecule has 27 heavy (non-hydrogen) atoms. The second-order valence-corrected chi connectivity index (χ2v) is 6.75. The monoisotopic (exact) mass is 370 g/mol. The Bertz CT molecular complexity index is 817. The number of unbranched alkanes of at least 4 members (excludes halogenated alkanes) is 1. The average molecular weight is 370 g/mol. The van der Waals surface area contributed by atoms with E-state index in [1.807, 2.05) is 24.3 Å². The van der Waals surface area contributed by atoms with Gasteiger partial charge in [0, 0.05) is 19.8 Å². The topological polar surface area (TPSA) is 67.7 Å². The van der Waals surface area contributed by atoms with Gasteiger partial charge in [-0.25, -0.2) is 0 Å². The molecule has 0 aliphatic carbocycles. The van der Waals surface area contributed by atoms with E-state index in [2.05, 4.69) is 12.0 Å². The molecule has 3 rings (SSSR count). The smallest absolute Gasteiger partial charge is 0.272 e. The molecule has 2 aromatic rings. The maximum atomic E-state index is 13.0. The number of carbonyl (C=O) groups excluding carboxylic acids is 2. The van der Waals surface area contributed by atoms with Crippen LogP contribution in [0.5, 0.6) is 5.75 Å². The van der Waals surface area contributed by atoms with Crippen LogP contribution in [0.4, 0.5) is 5.69 Å². The summed E-state index contributed by atoms with van der Waals surface area (Å²) in [6.45, 7) is 2.64. The number of aryl methyl sites for hydroxylation is 1. The second-order valence-electron chi connectivity index (χ2n) is 6.75. The third kappa shape index (κ3) is 3.82. The zero-order valence-electron chi connectivity index (χ0n) is 16.1. The van der Waals surface area contributed by atoms with Crippen molar-refractivity contribution in [3.05, 3.63) is 42.2 Å². The van der Waals surface area contributed by atoms with Gasteiger partial charge in [0.25, 0.3) is 5.91 Å². The Morgan fingerprint density at radius 3 is 2.74 bits per heavy atom. The molecule has 1 fully saturated rings. The first-order valence-electron chi connectivity index (χ1n) is 9.29. The number of aromatic nitrogens is 2. The molecule has 1 aliphatic heterocycles. The van der Waals surface area contributed by atoms with Crippen LogP contribution in [0.25, 0.3) is 0 Å². The Labute approximate surface area is 159 Å². The van der Waals surface area contributed by atoms with Gasteiger partial charge >= 0.3 is 0 Å². The van der Waals surface area contributed by atoms with E-state index in [1.54, 1.807) is 40.9 Å². The van der Waals surface area contributed by atoms with Crippen LogP contribution in [-0.4, -0.2) is 52.7 Å². The highest BCUT2D eigenvalue weighted by molar-refractivity contribution is 6.02. The lowest BCUT2D eigenvalue weighted by Gasteiger charge is -2.41. The molecule has 7 heteroatoms. The number of anilines is 1. The number of hydrogen-bond acceptors (Lipinski definition) is 4. The zero-order chi connectivity index (χ0) is 19.4. The van der Waals surface area contributed by atoms with Gasteiger partial charge in [-0.1, -0.05) is 31.9 Å². The molecule has 0 bridgehead atoms. The molecule has 144 valence electrons. The summed E-state index contributed by atoms with van der Waals surface area (Å²) in [4.78, 5) is 29.4. The first kappa shape index (κ1) is 18.9. The minimum atomic E-state index is -0.149. The number of rotatable bonds is 6. The second kappa shape index (κ2) is 8.24. The van der Waals surface area contributed by atoms with Gasteiger partial charge in [-0.15, -0.1) is 0 Å². The van der Waals surface area contributed by atoms with Gasteiger partial charge in [0.2, 0.25) is 5.91 Å². The van der Waals surface area contributed by atoms with Gasteiger partial charge < -0.3 is 14.5 Å². The molecule has 0 unspecified atom stereocenters. The van der Waals surface area contributed by atoms with Gasteiger partial charge in [0.15, 0.2) is 0 Å². The predicted octanol–water partition coefficient (Wildman–Crippen LogP) is 2.48. The van der Waals surface area contributed by atoms with Crippen molar-refractivity contribution in [3.8, 4) is 5.75 Å². The van der Waals surface area contributed by atoms with Crippen LogP contribution in [0.2, 0.25) is 0 Å². The van der Waals surface area contributed by atoms with Crippen LogP contribution in [0.3, 0.4) is 0 Å². The normalized spacial score (nSPS) is 17.3. The highest BCUT2D eigenvalue weighted by atomic mass is 16.5. The molecule has 0 radical (unpaired) electrons. The van der Waals surface area contributed by atoms with Gasteiger partial charge in [0.05, 0.1) is 18.8 Å². The summed E-state index contributed by atoms with van der Waals surface area (Å²) in [7, 11) is 3.33. The van der Waals surface area contributed by atoms with Crippen molar-refractivity contribution in [2.45, 2.75) is 32.2 Å². The summed E-state index contributed by atoms with van der Waals surface area (Å²) in [6, 6.07) is 9.14. The van der Waals surface area contributed by atoms with Crippen molar-refractivity contribution >= 4 is 17.5 Å². The third-order valence-electron chi connectivity index (χ3n) is 5.01. The minimum Gasteiger partial charge on any atom is -0.495 e. The van der Waals surface area contributed by atoms with Crippen molar-refractivity contribution < 1.29 is 14.3 Å². The lowest BCUT2D eigenvalue weighted by Crippen LogP contribution is -2.58. The Kier molecular flexibility index (Phi) is 5.78. The Morgan fingerprint density at radius 2 is 2.07 bits per heavy atom. The van der Waals surface area contributed by atoms with Crippen molar-refractivity contribution in [1.82, 2.24) is 14.7 Å². The summed E-state index contributed by atoms with van der Waals surface area (Å²) >= 11 is 0. The van der Waals surface area contributed by atoms with Crippen LogP contribution in [0.15, 0.2) is 36.5 Å². The number of para-hydroxylation sites is 2. The molecular weight excluding hydrogens is 344 g/mol. The molecule has 1 aliphatic rings. The first-order valence-corrected chi connectivity index (χ1v) is 9.29. The molecular formula is C20H26N4O3. The van der Waals surface area contributed by atoms with E-state index in [-0.39, 0.29) is 24.4 Å². The number of hydrogen-bond donors (Lipinski definition) is 0. The SMILES string of the molecule is CCCC[C@H]1CN(c2ccccc2OC)C(=O)CN1C(=O)c1ccnn1C. The van der Waals surface area contributed by atoms with Crippen LogP contribution >= 0.6 is 0 Å². The zero-order valence-corrected chi connectivity index (χ0v) is 16.1. The lowest BCUT2D eigenvalue weighted by atomic mass is 10.0. The van der Waals surface area contributed by atoms with Crippen LogP contribution in [-0.2, 0) is 11.8 Å². The molecule has 0 spiro atoms. The van der Waals surface area contributed by atoms with Crippen LogP contribution in [0.1, 0.15) is 36.7 Å². The van der Waals surface area contributed by atoms with Crippen LogP contribution in [0, 0.1) is 0 Å². The van der Waals surface area contributed by atoms with Crippen LogP contribution < -0.4 is 9.64 Å². The maximum absolute atomic E-state index is 13.0. The minimum absolute atomic E-state index is 0.0463. The van der Waals surface area contributed by atoms with Crippen molar-refractivity contribution in [2.75, 3.05) is 25.1 Å². The predicted molar refractivity (Wildman–Crippen MR) is 103 cm³/mol. The lowest BCUT2D eigenvalue weighted by molar-refractivity contribution is -0.121. The van der Waals surface area contributed by atoms with E-state index in [4.69, 9.17) is 4.74 Å². The molecule has 7 nitrogen and oxygen atoms in total. The largest absolute Gasteiger partial charge is 0.495 e. The molecule has 0 N–H and O–H groups in total. The highest BCUT2D eigenvalue weighted by Crippen LogP contribution is 2.31. The van der Waals surface area contributed by atoms with Gasteiger partial charge in [-0.2, -0.15) is 5.10 Å². The number of benzene rings is 1. The van der Waals surface area contributed by atoms with E-state index in [0.717, 1.165) is 24.9 Å². The number of ether oxygens (including phenoxy) is 1. The first-order chi connectivity index (χ1) is 13.1. The summed E-state index contributed by atoms with van der Waals surface area (Å²) in [6.07, 6.45) is 4.47. The average Bonchev–Trinajstić information content (AvgIpc) is 3.12. The highest BCUT2D eigenvalue weighted by Gasteiger charge is 2.37. The summed E-state index contributed by atoms with van der Waals surface area (Å²) < 4.78 is 6.98. The maximum Gasteiger partial charge on any atom is 0.272 e. The fourth-order valence-corrected chi connectivity index (χ4v) is 3.51. The molecule has 1 aromatic heterocycles. The number of methoxy groups -OCH3 is 1. The van der Waals surface area contributed by atoms with Gasteiger partial charge in [0.1, 0.15) is 18.0 Å². The van der Waals surface area contributed by atoms with Crippen molar-refractivity contribution in [3.63, 3.8) is 0 Å². The van der Waals surface area contributed by atoms with Gasteiger partial charge in [-0.3, -0.25) is 14.3 Å². The summed E-state index contributed by atoms with van der Waals surface area (Å²) in [5.41, 5.74) is 1.24. The Morgan fingerprint density at radius 1 is 1.30 bits per heavy atom. The van der Waals surface area contributed by atoms with E-state index in [1.165, 1.54) is 0 Å². The number of amides is 2. The Hall–Kier alpha value is -2.83. The summed E-state index contributed by atoms with van der Waals surface area (Å²) in [5.74, 6) is 0.401. The molecule has 0 saturated carbocycles. The number of carbonyl (C=O) groups is 2. The molecule has 1 saturated heterocycles. The van der Waals surface area contributed by atoms with Crippen molar-refractivity contribution in [2.24, 2.45) is 7.05 Å². The fraction of sp³-hybridized carbons (Fsp3) is 0.450. The molecule has 1 atom stereocenters. The number of piperazine rings is 1. The third-order valence-corrected chi connectivity index (χ3v) is 5.01. The summed E-state index contributed by atoms with van der Waals surface area (Å²) in [5, 5.41) is 4.08. The van der Waals surface area contributed by atoms with Crippen molar-refractivity contribution in [1.29, 1.82) is 0 Å². The molecule has 2 amide bonds. The van der Waals surface area contributed by atoms with Gasteiger partial charge in [-0.05, 0) is 24.6 Å². The van der Waals surface area contributed by atoms with E-state index < -0.39 is 0 Å². The fourth-order valence-electron chi connectivity index (χ4n) is 3.51.